The second-order valence-corrected chi connectivity index (χ2v) is 5.23. The summed E-state index contributed by atoms with van der Waals surface area (Å²) in [5.41, 5.74) is 0.723. The van der Waals surface area contributed by atoms with E-state index >= 15 is 0 Å². The molecular formula is C15H18NO3+. The first kappa shape index (κ1) is 12.2. The first-order chi connectivity index (χ1) is 9.22. The summed E-state index contributed by atoms with van der Waals surface area (Å²) in [5, 5.41) is 0.931. The second kappa shape index (κ2) is 5.05. The maximum atomic E-state index is 12.1. The Hall–Kier alpha value is -1.81. The van der Waals surface area contributed by atoms with Crippen molar-refractivity contribution in [3.8, 4) is 0 Å². The maximum absolute atomic E-state index is 12.1. The molecule has 1 aliphatic rings. The Balaban J connectivity index is 1.72. The fourth-order valence-electron chi connectivity index (χ4n) is 2.62. The topological polar surface area (TPSA) is 43.9 Å². The fraction of sp³-hybridized carbons (Fsp3) is 0.400. The van der Waals surface area contributed by atoms with E-state index < -0.39 is 0 Å². The Morgan fingerprint density at radius 1 is 1.42 bits per heavy atom. The van der Waals surface area contributed by atoms with E-state index in [0.29, 0.717) is 5.76 Å². The van der Waals surface area contributed by atoms with E-state index in [2.05, 4.69) is 7.05 Å². The minimum Gasteiger partial charge on any atom is -0.451 e. The average Bonchev–Trinajstić information content (AvgIpc) is 2.82. The van der Waals surface area contributed by atoms with Crippen LogP contribution in [0.2, 0.25) is 0 Å². The van der Waals surface area contributed by atoms with Gasteiger partial charge >= 0.3 is 5.97 Å². The molecule has 3 rings (SSSR count). The number of quaternary nitrogens is 1. The van der Waals surface area contributed by atoms with Crippen LogP contribution in [0.1, 0.15) is 23.4 Å². The van der Waals surface area contributed by atoms with Crippen LogP contribution in [-0.4, -0.2) is 32.2 Å². The summed E-state index contributed by atoms with van der Waals surface area (Å²) in [4.78, 5) is 13.5. The molecule has 1 aromatic carbocycles. The van der Waals surface area contributed by atoms with Crippen LogP contribution in [0.25, 0.3) is 11.0 Å². The zero-order valence-corrected chi connectivity index (χ0v) is 11.0. The highest BCUT2D eigenvalue weighted by molar-refractivity contribution is 5.92. The second-order valence-electron chi connectivity index (χ2n) is 5.23. The van der Waals surface area contributed by atoms with Gasteiger partial charge in [-0.25, -0.2) is 4.79 Å². The molecule has 1 unspecified atom stereocenters. The molecule has 0 bridgehead atoms. The molecule has 19 heavy (non-hydrogen) atoms. The maximum Gasteiger partial charge on any atom is 0.374 e. The number of likely N-dealkylation sites (N-methyl/N-ethyl adjacent to an activating group) is 1. The number of piperidine rings is 1. The lowest BCUT2D eigenvalue weighted by Crippen LogP contribution is -3.11. The third-order valence-corrected chi connectivity index (χ3v) is 3.61. The van der Waals surface area contributed by atoms with Crippen molar-refractivity contribution < 1.29 is 18.8 Å². The van der Waals surface area contributed by atoms with Crippen LogP contribution in [0.3, 0.4) is 0 Å². The number of carbonyl (C=O) groups excluding carboxylic acids is 1. The molecule has 0 spiro atoms. The number of fused-ring (bicyclic) bond motifs is 1. The molecule has 1 saturated heterocycles. The summed E-state index contributed by atoms with van der Waals surface area (Å²) < 4.78 is 11.0. The third-order valence-electron chi connectivity index (χ3n) is 3.61. The molecule has 2 heterocycles. The molecule has 1 aromatic heterocycles. The van der Waals surface area contributed by atoms with Crippen LogP contribution >= 0.6 is 0 Å². The fourth-order valence-corrected chi connectivity index (χ4v) is 2.62. The van der Waals surface area contributed by atoms with Crippen molar-refractivity contribution >= 4 is 16.9 Å². The van der Waals surface area contributed by atoms with Gasteiger partial charge in [0, 0.05) is 11.8 Å². The summed E-state index contributed by atoms with van der Waals surface area (Å²) in [7, 11) is 2.13. The van der Waals surface area contributed by atoms with Gasteiger partial charge in [0.05, 0.1) is 13.6 Å². The lowest BCUT2D eigenvalue weighted by Gasteiger charge is -2.26. The number of nitrogens with one attached hydrogen (secondary N) is 1. The lowest BCUT2D eigenvalue weighted by atomic mass is 10.1. The number of ether oxygens (including phenoxy) is 1. The van der Waals surface area contributed by atoms with Crippen molar-refractivity contribution in [3.63, 3.8) is 0 Å². The molecule has 4 heteroatoms. The van der Waals surface area contributed by atoms with E-state index in [9.17, 15) is 4.79 Å². The molecule has 4 nitrogen and oxygen atoms in total. The average molecular weight is 260 g/mol. The quantitative estimate of drug-likeness (QED) is 0.827. The largest absolute Gasteiger partial charge is 0.451 e. The van der Waals surface area contributed by atoms with Gasteiger partial charge < -0.3 is 14.1 Å². The van der Waals surface area contributed by atoms with Crippen LogP contribution < -0.4 is 4.90 Å². The van der Waals surface area contributed by atoms with Gasteiger partial charge in [0.2, 0.25) is 5.76 Å². The third kappa shape index (κ3) is 2.63. The molecule has 0 aliphatic carbocycles. The van der Waals surface area contributed by atoms with Crippen molar-refractivity contribution in [2.75, 3.05) is 20.1 Å². The SMILES string of the molecule is C[NH+]1CCC[C@H](OC(=O)c2cc3ccccc3o2)C1. The number of likely N-dealkylation sites (tertiary alicyclic amines) is 1. The van der Waals surface area contributed by atoms with Gasteiger partial charge in [-0.05, 0) is 18.6 Å². The molecule has 0 saturated carbocycles. The summed E-state index contributed by atoms with van der Waals surface area (Å²) in [6, 6.07) is 9.34. The Kier molecular flexibility index (Phi) is 3.25. The number of hydrogen-bond donors (Lipinski definition) is 1. The van der Waals surface area contributed by atoms with Gasteiger partial charge in [-0.3, -0.25) is 0 Å². The van der Waals surface area contributed by atoms with Gasteiger partial charge in [-0.1, -0.05) is 18.2 Å². The van der Waals surface area contributed by atoms with Crippen LogP contribution in [0.4, 0.5) is 0 Å². The summed E-state index contributed by atoms with van der Waals surface area (Å²) in [6.07, 6.45) is 2.06. The molecule has 1 aliphatic heterocycles. The molecule has 0 amide bonds. The smallest absolute Gasteiger partial charge is 0.374 e. The van der Waals surface area contributed by atoms with E-state index in [1.807, 2.05) is 24.3 Å². The van der Waals surface area contributed by atoms with Gasteiger partial charge in [0.25, 0.3) is 0 Å². The number of hydrogen-bond acceptors (Lipinski definition) is 3. The Labute approximate surface area is 111 Å². The molecule has 2 atom stereocenters. The zero-order chi connectivity index (χ0) is 13.2. The molecule has 2 aromatic rings. The van der Waals surface area contributed by atoms with Crippen molar-refractivity contribution in [3.05, 3.63) is 36.1 Å². The monoisotopic (exact) mass is 260 g/mol. The predicted octanol–water partition coefficient (Wildman–Crippen LogP) is 1.27. The number of para-hydroxylation sites is 1. The highest BCUT2D eigenvalue weighted by Crippen LogP contribution is 2.20. The van der Waals surface area contributed by atoms with Crippen molar-refractivity contribution in [1.29, 1.82) is 0 Å². The Morgan fingerprint density at radius 3 is 3.05 bits per heavy atom. The summed E-state index contributed by atoms with van der Waals surface area (Å²) >= 11 is 0. The van der Waals surface area contributed by atoms with Crippen LogP contribution in [0, 0.1) is 0 Å². The number of furan rings is 1. The van der Waals surface area contributed by atoms with Crippen molar-refractivity contribution in [2.45, 2.75) is 18.9 Å². The number of carbonyl (C=O) groups is 1. The molecule has 100 valence electrons. The zero-order valence-electron chi connectivity index (χ0n) is 11.0. The minimum absolute atomic E-state index is 0.00876. The molecule has 1 N–H and O–H groups in total. The summed E-state index contributed by atoms with van der Waals surface area (Å²) in [5.74, 6) is -0.0553. The van der Waals surface area contributed by atoms with Crippen LogP contribution in [0.15, 0.2) is 34.7 Å². The van der Waals surface area contributed by atoms with E-state index in [0.717, 1.165) is 36.9 Å². The van der Waals surface area contributed by atoms with E-state index in [1.165, 1.54) is 4.90 Å². The van der Waals surface area contributed by atoms with Crippen LogP contribution in [-0.2, 0) is 4.74 Å². The predicted molar refractivity (Wildman–Crippen MR) is 71.3 cm³/mol. The Morgan fingerprint density at radius 2 is 2.26 bits per heavy atom. The van der Waals surface area contributed by atoms with Gasteiger partial charge in [-0.2, -0.15) is 0 Å². The number of benzene rings is 1. The highest BCUT2D eigenvalue weighted by Gasteiger charge is 2.25. The molecular weight excluding hydrogens is 242 g/mol. The van der Waals surface area contributed by atoms with E-state index in [-0.39, 0.29) is 12.1 Å². The Bertz CT molecular complexity index is 557. The van der Waals surface area contributed by atoms with Gasteiger partial charge in [-0.15, -0.1) is 0 Å². The van der Waals surface area contributed by atoms with E-state index in [1.54, 1.807) is 6.07 Å². The first-order valence-corrected chi connectivity index (χ1v) is 6.73. The minimum atomic E-state index is -0.351. The summed E-state index contributed by atoms with van der Waals surface area (Å²) in [6.45, 7) is 2.03. The normalized spacial score (nSPS) is 23.4. The molecule has 1 fully saturated rings. The van der Waals surface area contributed by atoms with E-state index in [4.69, 9.17) is 9.15 Å². The van der Waals surface area contributed by atoms with Crippen LogP contribution in [0.5, 0.6) is 0 Å². The first-order valence-electron chi connectivity index (χ1n) is 6.73. The van der Waals surface area contributed by atoms with Gasteiger partial charge in [0.15, 0.2) is 6.10 Å². The number of esters is 1. The van der Waals surface area contributed by atoms with Crippen molar-refractivity contribution in [1.82, 2.24) is 0 Å². The number of rotatable bonds is 2. The molecule has 0 radical (unpaired) electrons. The highest BCUT2D eigenvalue weighted by atomic mass is 16.6. The van der Waals surface area contributed by atoms with Crippen molar-refractivity contribution in [2.24, 2.45) is 0 Å². The lowest BCUT2D eigenvalue weighted by molar-refractivity contribution is -0.888. The van der Waals surface area contributed by atoms with Gasteiger partial charge in [0.1, 0.15) is 12.1 Å². The standard InChI is InChI=1S/C15H17NO3/c1-16-8-4-6-12(10-16)18-15(17)14-9-11-5-2-3-7-13(11)19-14/h2-3,5,7,9,12H,4,6,8,10H2,1H3/p+1/t12-/m0/s1.